The number of carboxylic acid groups (broad SMARTS) is 1. The average molecular weight is 279 g/mol. The molecule has 0 aliphatic heterocycles. The first-order valence-corrected chi connectivity index (χ1v) is 6.29. The lowest BCUT2D eigenvalue weighted by molar-refractivity contribution is -0.132. The first kappa shape index (κ1) is 14.4. The molecule has 0 heterocycles. The minimum absolute atomic E-state index is 0.271. The zero-order valence-corrected chi connectivity index (χ0v) is 11.4. The molecule has 2 aromatic carbocycles. The van der Waals surface area contributed by atoms with E-state index in [1.807, 2.05) is 30.3 Å². The first-order chi connectivity index (χ1) is 10.1. The average Bonchev–Trinajstić information content (AvgIpc) is 2.49. The molecule has 0 unspecified atom stereocenters. The molecular formula is C17H13NO3. The van der Waals surface area contributed by atoms with Crippen molar-refractivity contribution in [2.45, 2.75) is 6.92 Å². The van der Waals surface area contributed by atoms with Gasteiger partial charge in [-0.1, -0.05) is 30.3 Å². The molecule has 0 bridgehead atoms. The number of allylic oxidation sites excluding steroid dienone is 1. The van der Waals surface area contributed by atoms with Crippen LogP contribution in [0.1, 0.15) is 12.5 Å². The molecule has 1 N–H and O–H groups in total. The van der Waals surface area contributed by atoms with E-state index >= 15 is 0 Å². The van der Waals surface area contributed by atoms with E-state index in [4.69, 9.17) is 15.1 Å². The van der Waals surface area contributed by atoms with Crippen LogP contribution in [0, 0.1) is 11.3 Å². The summed E-state index contributed by atoms with van der Waals surface area (Å²) in [5.41, 5.74) is 0.776. The molecule has 0 aliphatic carbocycles. The van der Waals surface area contributed by atoms with E-state index < -0.39 is 5.97 Å². The molecule has 0 saturated carbocycles. The number of hydrogen-bond acceptors (Lipinski definition) is 3. The summed E-state index contributed by atoms with van der Waals surface area (Å²) in [4.78, 5) is 11.0. The van der Waals surface area contributed by atoms with Gasteiger partial charge in [0.1, 0.15) is 23.1 Å². The van der Waals surface area contributed by atoms with Gasteiger partial charge in [0.2, 0.25) is 0 Å². The van der Waals surface area contributed by atoms with E-state index in [0.717, 1.165) is 0 Å². The van der Waals surface area contributed by atoms with Crippen LogP contribution in [0.25, 0.3) is 5.57 Å². The standard InChI is InChI=1S/C17H13NO3/c1-12(16(11-18)17(19)20)13-6-5-9-15(10-13)21-14-7-3-2-4-8-14/h2-10H,1H3,(H,19,20). The van der Waals surface area contributed by atoms with Crippen molar-refractivity contribution in [3.05, 3.63) is 65.7 Å². The molecule has 0 amide bonds. The van der Waals surface area contributed by atoms with E-state index in [9.17, 15) is 4.79 Å². The third kappa shape index (κ3) is 3.48. The van der Waals surface area contributed by atoms with Gasteiger partial charge in [0, 0.05) is 0 Å². The summed E-state index contributed by atoms with van der Waals surface area (Å²) in [6, 6.07) is 18.0. The number of carbonyl (C=O) groups is 1. The number of rotatable bonds is 4. The second kappa shape index (κ2) is 6.40. The second-order valence-corrected chi connectivity index (χ2v) is 4.36. The molecule has 0 aliphatic rings. The lowest BCUT2D eigenvalue weighted by Gasteiger charge is -2.08. The van der Waals surface area contributed by atoms with Gasteiger partial charge in [0.15, 0.2) is 0 Å². The fourth-order valence-corrected chi connectivity index (χ4v) is 1.85. The molecule has 2 aromatic rings. The normalized spacial score (nSPS) is 11.2. The van der Waals surface area contributed by atoms with E-state index in [2.05, 4.69) is 0 Å². The van der Waals surface area contributed by atoms with Crippen molar-refractivity contribution in [1.82, 2.24) is 0 Å². The zero-order chi connectivity index (χ0) is 15.2. The molecule has 4 nitrogen and oxygen atoms in total. The highest BCUT2D eigenvalue weighted by atomic mass is 16.5. The van der Waals surface area contributed by atoms with Crippen molar-refractivity contribution >= 4 is 11.5 Å². The fraction of sp³-hybridized carbons (Fsp3) is 0.0588. The SMILES string of the molecule is CC(=C(C#N)C(=O)O)c1cccc(Oc2ccccc2)c1. The maximum atomic E-state index is 11.0. The number of aliphatic carboxylic acids is 1. The number of nitrogens with zero attached hydrogens (tertiary/aromatic N) is 1. The van der Waals surface area contributed by atoms with Gasteiger partial charge in [-0.05, 0) is 42.3 Å². The lowest BCUT2D eigenvalue weighted by Crippen LogP contribution is -2.01. The lowest BCUT2D eigenvalue weighted by atomic mass is 10.0. The Morgan fingerprint density at radius 3 is 2.38 bits per heavy atom. The number of hydrogen-bond donors (Lipinski definition) is 1. The molecule has 2 rings (SSSR count). The van der Waals surface area contributed by atoms with E-state index in [1.54, 1.807) is 37.3 Å². The Labute approximate surface area is 122 Å². The highest BCUT2D eigenvalue weighted by Crippen LogP contribution is 2.26. The fourth-order valence-electron chi connectivity index (χ4n) is 1.85. The van der Waals surface area contributed by atoms with Gasteiger partial charge in [-0.15, -0.1) is 0 Å². The number of carboxylic acids is 1. The molecule has 0 spiro atoms. The number of benzene rings is 2. The first-order valence-electron chi connectivity index (χ1n) is 6.29. The summed E-state index contributed by atoms with van der Waals surface area (Å²) in [6.07, 6.45) is 0. The maximum Gasteiger partial charge on any atom is 0.346 e. The van der Waals surface area contributed by atoms with Crippen LogP contribution in [0.4, 0.5) is 0 Å². The molecule has 0 aromatic heterocycles. The molecule has 0 radical (unpaired) electrons. The van der Waals surface area contributed by atoms with Gasteiger partial charge in [0.05, 0.1) is 0 Å². The zero-order valence-electron chi connectivity index (χ0n) is 11.4. The molecular weight excluding hydrogens is 266 g/mol. The molecule has 21 heavy (non-hydrogen) atoms. The highest BCUT2D eigenvalue weighted by molar-refractivity contribution is 6.00. The third-order valence-electron chi connectivity index (χ3n) is 2.95. The Kier molecular flexibility index (Phi) is 4.37. The third-order valence-corrected chi connectivity index (χ3v) is 2.95. The highest BCUT2D eigenvalue weighted by Gasteiger charge is 2.12. The van der Waals surface area contributed by atoms with E-state index in [1.165, 1.54) is 0 Å². The molecule has 4 heteroatoms. The van der Waals surface area contributed by atoms with Gasteiger partial charge in [-0.2, -0.15) is 5.26 Å². The van der Waals surface area contributed by atoms with Crippen LogP contribution in [-0.2, 0) is 4.79 Å². The van der Waals surface area contributed by atoms with Crippen LogP contribution in [-0.4, -0.2) is 11.1 Å². The summed E-state index contributed by atoms with van der Waals surface area (Å²) in [6.45, 7) is 1.61. The molecule has 0 saturated heterocycles. The van der Waals surface area contributed by atoms with E-state index in [-0.39, 0.29) is 5.57 Å². The van der Waals surface area contributed by atoms with Gasteiger partial charge >= 0.3 is 5.97 Å². The summed E-state index contributed by atoms with van der Waals surface area (Å²) >= 11 is 0. The Morgan fingerprint density at radius 2 is 1.76 bits per heavy atom. The van der Waals surface area contributed by atoms with Crippen LogP contribution >= 0.6 is 0 Å². The molecule has 104 valence electrons. The van der Waals surface area contributed by atoms with Crippen molar-refractivity contribution in [3.63, 3.8) is 0 Å². The predicted molar refractivity (Wildman–Crippen MR) is 78.8 cm³/mol. The molecule has 0 fully saturated rings. The number of nitriles is 1. The predicted octanol–water partition coefficient (Wildman–Crippen LogP) is 3.86. The van der Waals surface area contributed by atoms with Crippen LogP contribution in [0.5, 0.6) is 11.5 Å². The van der Waals surface area contributed by atoms with Crippen LogP contribution < -0.4 is 4.74 Å². The topological polar surface area (TPSA) is 70.3 Å². The summed E-state index contributed by atoms with van der Waals surface area (Å²) in [7, 11) is 0. The number of ether oxygens (including phenoxy) is 1. The van der Waals surface area contributed by atoms with Gasteiger partial charge < -0.3 is 9.84 Å². The minimum atomic E-state index is -1.23. The van der Waals surface area contributed by atoms with Crippen molar-refractivity contribution in [3.8, 4) is 17.6 Å². The van der Waals surface area contributed by atoms with Crippen molar-refractivity contribution in [2.75, 3.05) is 0 Å². The maximum absolute atomic E-state index is 11.0. The van der Waals surface area contributed by atoms with Crippen LogP contribution in [0.3, 0.4) is 0 Å². The van der Waals surface area contributed by atoms with Gasteiger partial charge in [-0.3, -0.25) is 0 Å². The largest absolute Gasteiger partial charge is 0.477 e. The smallest absolute Gasteiger partial charge is 0.346 e. The number of para-hydroxylation sites is 1. The van der Waals surface area contributed by atoms with Crippen molar-refractivity contribution in [2.24, 2.45) is 0 Å². The molecule has 0 atom stereocenters. The van der Waals surface area contributed by atoms with Crippen LogP contribution in [0.15, 0.2) is 60.2 Å². The Balaban J connectivity index is 2.34. The van der Waals surface area contributed by atoms with Crippen molar-refractivity contribution in [1.29, 1.82) is 5.26 Å². The Bertz CT molecular complexity index is 727. The Morgan fingerprint density at radius 1 is 1.10 bits per heavy atom. The summed E-state index contributed by atoms with van der Waals surface area (Å²) in [5, 5.41) is 17.9. The second-order valence-electron chi connectivity index (χ2n) is 4.36. The Hall–Kier alpha value is -3.06. The minimum Gasteiger partial charge on any atom is -0.477 e. The van der Waals surface area contributed by atoms with Gasteiger partial charge in [-0.25, -0.2) is 4.79 Å². The summed E-state index contributed by atoms with van der Waals surface area (Å²) < 4.78 is 5.69. The van der Waals surface area contributed by atoms with Crippen molar-refractivity contribution < 1.29 is 14.6 Å². The van der Waals surface area contributed by atoms with E-state index in [0.29, 0.717) is 22.6 Å². The monoisotopic (exact) mass is 279 g/mol. The quantitative estimate of drug-likeness (QED) is 0.681. The summed E-state index contributed by atoms with van der Waals surface area (Å²) in [5.74, 6) is 0.0418. The van der Waals surface area contributed by atoms with Gasteiger partial charge in [0.25, 0.3) is 0 Å². The van der Waals surface area contributed by atoms with Crippen LogP contribution in [0.2, 0.25) is 0 Å².